The number of hydrogen-bond donors (Lipinski definition) is 0. The van der Waals surface area contributed by atoms with Crippen LogP contribution in [0.3, 0.4) is 0 Å². The van der Waals surface area contributed by atoms with Crippen molar-refractivity contribution in [1.82, 2.24) is 10.1 Å². The summed E-state index contributed by atoms with van der Waals surface area (Å²) >= 11 is 0. The van der Waals surface area contributed by atoms with E-state index in [4.69, 9.17) is 9.26 Å². The number of sulfone groups is 1. The minimum absolute atomic E-state index is 0.00448. The highest BCUT2D eigenvalue weighted by molar-refractivity contribution is 7.91. The number of morpholine rings is 1. The Labute approximate surface area is 116 Å². The number of amides is 1. The Kier molecular flexibility index (Phi) is 3.29. The summed E-state index contributed by atoms with van der Waals surface area (Å²) in [4.78, 5) is 13.9. The molecular weight excluding hydrogens is 284 g/mol. The number of ether oxygens (including phenoxy) is 1. The number of carbonyl (C=O) groups is 1. The molecule has 1 amide bonds. The summed E-state index contributed by atoms with van der Waals surface area (Å²) in [6.07, 6.45) is -0.266. The van der Waals surface area contributed by atoms with Gasteiger partial charge in [0.25, 0.3) is 0 Å². The molecule has 20 heavy (non-hydrogen) atoms. The lowest BCUT2D eigenvalue weighted by Crippen LogP contribution is -2.53. The third kappa shape index (κ3) is 2.57. The molecule has 0 bridgehead atoms. The van der Waals surface area contributed by atoms with E-state index in [1.54, 1.807) is 17.9 Å². The van der Waals surface area contributed by atoms with Gasteiger partial charge in [-0.1, -0.05) is 5.16 Å². The molecule has 0 aliphatic carbocycles. The lowest BCUT2D eigenvalue weighted by atomic mass is 10.1. The Morgan fingerprint density at radius 2 is 2.30 bits per heavy atom. The predicted octanol–water partition coefficient (Wildman–Crippen LogP) is -0.450. The van der Waals surface area contributed by atoms with Crippen molar-refractivity contribution in [2.75, 3.05) is 24.7 Å². The van der Waals surface area contributed by atoms with Gasteiger partial charge in [-0.05, 0) is 6.92 Å². The molecule has 0 saturated carbocycles. The Morgan fingerprint density at radius 3 is 3.00 bits per heavy atom. The van der Waals surface area contributed by atoms with Crippen LogP contribution < -0.4 is 0 Å². The summed E-state index contributed by atoms with van der Waals surface area (Å²) in [6, 6.07) is 1.34. The minimum Gasteiger partial charge on any atom is -0.373 e. The van der Waals surface area contributed by atoms with Crippen LogP contribution in [-0.4, -0.2) is 61.2 Å². The zero-order valence-electron chi connectivity index (χ0n) is 11.1. The average molecular weight is 300 g/mol. The van der Waals surface area contributed by atoms with Crippen LogP contribution >= 0.6 is 0 Å². The number of aromatic nitrogens is 1. The van der Waals surface area contributed by atoms with Gasteiger partial charge < -0.3 is 14.2 Å². The maximum atomic E-state index is 12.3. The molecule has 2 aliphatic rings. The molecule has 2 unspecified atom stereocenters. The van der Waals surface area contributed by atoms with E-state index in [0.29, 0.717) is 24.6 Å². The number of carbonyl (C=O) groups excluding carboxylic acids is 1. The Hall–Kier alpha value is -1.41. The Balaban J connectivity index is 1.74. The van der Waals surface area contributed by atoms with Gasteiger partial charge in [0.2, 0.25) is 5.91 Å². The molecule has 3 rings (SSSR count). The average Bonchev–Trinajstić information content (AvgIpc) is 2.89. The highest BCUT2D eigenvalue weighted by Gasteiger charge is 2.45. The number of rotatable bonds is 2. The molecule has 0 aromatic carbocycles. The number of nitrogens with zero attached hydrogens (tertiary/aromatic N) is 2. The van der Waals surface area contributed by atoms with E-state index in [1.165, 1.54) is 0 Å². The molecule has 1 aromatic rings. The SMILES string of the molecule is Cc1cc(CC(=O)N2CCOC3CS(=O)(=O)CC32)no1. The van der Waals surface area contributed by atoms with Crippen LogP contribution in [0.5, 0.6) is 0 Å². The fourth-order valence-electron chi connectivity index (χ4n) is 2.78. The topological polar surface area (TPSA) is 89.7 Å². The minimum atomic E-state index is -3.12. The maximum Gasteiger partial charge on any atom is 0.229 e. The van der Waals surface area contributed by atoms with Gasteiger partial charge in [-0.3, -0.25) is 4.79 Å². The van der Waals surface area contributed by atoms with Crippen molar-refractivity contribution in [2.45, 2.75) is 25.5 Å². The molecule has 0 N–H and O–H groups in total. The number of aryl methyl sites for hydroxylation is 1. The molecule has 1 aromatic heterocycles. The first kappa shape index (κ1) is 13.6. The normalized spacial score (nSPS) is 28.4. The summed E-state index contributed by atoms with van der Waals surface area (Å²) in [6.45, 7) is 2.56. The summed E-state index contributed by atoms with van der Waals surface area (Å²) in [7, 11) is -3.12. The zero-order chi connectivity index (χ0) is 14.3. The Bertz CT molecular complexity index is 624. The molecule has 0 radical (unpaired) electrons. The van der Waals surface area contributed by atoms with Crippen molar-refractivity contribution in [3.05, 3.63) is 17.5 Å². The first-order chi connectivity index (χ1) is 9.44. The standard InChI is InChI=1S/C12H16N2O5S/c1-8-4-9(13-19-8)5-12(15)14-2-3-18-11-7-20(16,17)6-10(11)14/h4,10-11H,2-3,5-7H2,1H3. The van der Waals surface area contributed by atoms with Gasteiger partial charge in [-0.15, -0.1) is 0 Å². The second-order valence-electron chi connectivity index (χ2n) is 5.25. The van der Waals surface area contributed by atoms with E-state index in [-0.39, 0.29) is 29.9 Å². The summed E-state index contributed by atoms with van der Waals surface area (Å²) < 4.78 is 33.8. The summed E-state index contributed by atoms with van der Waals surface area (Å²) in [5.41, 5.74) is 0.566. The molecule has 3 heterocycles. The van der Waals surface area contributed by atoms with Crippen molar-refractivity contribution in [3.63, 3.8) is 0 Å². The molecule has 2 atom stereocenters. The maximum absolute atomic E-state index is 12.3. The lowest BCUT2D eigenvalue weighted by Gasteiger charge is -2.36. The van der Waals surface area contributed by atoms with E-state index >= 15 is 0 Å². The van der Waals surface area contributed by atoms with Gasteiger partial charge in [0, 0.05) is 12.6 Å². The predicted molar refractivity (Wildman–Crippen MR) is 68.8 cm³/mol. The van der Waals surface area contributed by atoms with Crippen LogP contribution in [0, 0.1) is 6.92 Å². The lowest BCUT2D eigenvalue weighted by molar-refractivity contribution is -0.142. The second-order valence-corrected chi connectivity index (χ2v) is 7.40. The third-order valence-electron chi connectivity index (χ3n) is 3.67. The number of fused-ring (bicyclic) bond motifs is 1. The fourth-order valence-corrected chi connectivity index (χ4v) is 4.65. The van der Waals surface area contributed by atoms with E-state index in [9.17, 15) is 13.2 Å². The highest BCUT2D eigenvalue weighted by atomic mass is 32.2. The smallest absolute Gasteiger partial charge is 0.229 e. The first-order valence-electron chi connectivity index (χ1n) is 6.48. The van der Waals surface area contributed by atoms with Crippen LogP contribution in [0.15, 0.2) is 10.6 Å². The highest BCUT2D eigenvalue weighted by Crippen LogP contribution is 2.25. The van der Waals surface area contributed by atoms with Crippen LogP contribution in [0.4, 0.5) is 0 Å². The van der Waals surface area contributed by atoms with Crippen molar-refractivity contribution in [2.24, 2.45) is 0 Å². The van der Waals surface area contributed by atoms with Crippen LogP contribution in [0.1, 0.15) is 11.5 Å². The Morgan fingerprint density at radius 1 is 1.50 bits per heavy atom. The van der Waals surface area contributed by atoms with Crippen molar-refractivity contribution >= 4 is 15.7 Å². The van der Waals surface area contributed by atoms with Gasteiger partial charge in [-0.2, -0.15) is 0 Å². The van der Waals surface area contributed by atoms with Crippen LogP contribution in [-0.2, 0) is 25.8 Å². The molecule has 8 heteroatoms. The van der Waals surface area contributed by atoms with Gasteiger partial charge >= 0.3 is 0 Å². The van der Waals surface area contributed by atoms with E-state index in [0.717, 1.165) is 0 Å². The van der Waals surface area contributed by atoms with Gasteiger partial charge in [0.05, 0.1) is 42.4 Å². The van der Waals surface area contributed by atoms with Crippen LogP contribution in [0.2, 0.25) is 0 Å². The molecular formula is C12H16N2O5S. The van der Waals surface area contributed by atoms with Crippen LogP contribution in [0.25, 0.3) is 0 Å². The monoisotopic (exact) mass is 300 g/mol. The first-order valence-corrected chi connectivity index (χ1v) is 8.30. The molecule has 2 saturated heterocycles. The molecule has 110 valence electrons. The number of hydrogen-bond acceptors (Lipinski definition) is 6. The van der Waals surface area contributed by atoms with E-state index < -0.39 is 15.9 Å². The second kappa shape index (κ2) is 4.85. The molecule has 2 fully saturated rings. The van der Waals surface area contributed by atoms with Crippen molar-refractivity contribution in [3.8, 4) is 0 Å². The van der Waals surface area contributed by atoms with Gasteiger partial charge in [0.15, 0.2) is 9.84 Å². The zero-order valence-corrected chi connectivity index (χ0v) is 11.9. The van der Waals surface area contributed by atoms with Gasteiger partial charge in [-0.25, -0.2) is 8.42 Å². The van der Waals surface area contributed by atoms with E-state index in [2.05, 4.69) is 5.16 Å². The molecule has 2 aliphatic heterocycles. The van der Waals surface area contributed by atoms with Crippen molar-refractivity contribution < 1.29 is 22.5 Å². The van der Waals surface area contributed by atoms with Gasteiger partial charge in [0.1, 0.15) is 5.76 Å². The summed E-state index contributed by atoms with van der Waals surface area (Å²) in [5, 5.41) is 3.79. The molecule has 7 nitrogen and oxygen atoms in total. The van der Waals surface area contributed by atoms with Crippen molar-refractivity contribution in [1.29, 1.82) is 0 Å². The largest absolute Gasteiger partial charge is 0.373 e. The summed E-state index contributed by atoms with van der Waals surface area (Å²) in [5.74, 6) is 0.510. The quantitative estimate of drug-likeness (QED) is 0.735. The van der Waals surface area contributed by atoms with E-state index in [1.807, 2.05) is 0 Å². The third-order valence-corrected chi connectivity index (χ3v) is 5.35. The molecule has 0 spiro atoms. The fraction of sp³-hybridized carbons (Fsp3) is 0.667.